The second-order valence-corrected chi connectivity index (χ2v) is 7.65. The normalized spacial score (nSPS) is 23.3. The van der Waals surface area contributed by atoms with Gasteiger partial charge >= 0.3 is 0 Å². The van der Waals surface area contributed by atoms with E-state index in [1.807, 2.05) is 20.8 Å². The van der Waals surface area contributed by atoms with Crippen LogP contribution >= 0.6 is 0 Å². The predicted octanol–water partition coefficient (Wildman–Crippen LogP) is 5.05. The van der Waals surface area contributed by atoms with E-state index in [9.17, 15) is 10.1 Å². The average Bonchev–Trinajstić information content (AvgIpc) is 2.67. The van der Waals surface area contributed by atoms with Crippen molar-refractivity contribution < 1.29 is 14.3 Å². The Morgan fingerprint density at radius 2 is 2.22 bits per heavy atom. The number of nitrogens with zero attached hydrogens (tertiary/aromatic N) is 1. The van der Waals surface area contributed by atoms with Crippen LogP contribution in [0.5, 0.6) is 5.75 Å². The van der Waals surface area contributed by atoms with E-state index in [0.717, 1.165) is 38.5 Å². The van der Waals surface area contributed by atoms with Crippen molar-refractivity contribution in [2.24, 2.45) is 5.92 Å². The molecular weight excluding hydrogens is 340 g/mol. The lowest BCUT2D eigenvalue weighted by Gasteiger charge is -2.38. The van der Waals surface area contributed by atoms with Gasteiger partial charge < -0.3 is 14.8 Å². The van der Waals surface area contributed by atoms with Crippen LogP contribution in [0.15, 0.2) is 18.2 Å². The van der Waals surface area contributed by atoms with Crippen LogP contribution in [0.1, 0.15) is 71.8 Å². The summed E-state index contributed by atoms with van der Waals surface area (Å²) in [5, 5.41) is 12.5. The van der Waals surface area contributed by atoms with Crippen molar-refractivity contribution in [1.82, 2.24) is 0 Å². The minimum Gasteiger partial charge on any atom is -0.491 e. The number of nitrogens with one attached hydrogen (secondary N) is 1. The fourth-order valence-electron chi connectivity index (χ4n) is 3.55. The Labute approximate surface area is 163 Å². The van der Waals surface area contributed by atoms with E-state index in [2.05, 4.69) is 18.3 Å². The molecule has 1 aliphatic carbocycles. The first kappa shape index (κ1) is 21.2. The average molecular weight is 373 g/mol. The number of carbonyl (C=O) groups excluding carboxylic acids is 1. The van der Waals surface area contributed by atoms with Gasteiger partial charge in [0, 0.05) is 12.7 Å². The molecular formula is C22H32N2O3. The van der Waals surface area contributed by atoms with Crippen LogP contribution in [0.2, 0.25) is 0 Å². The Balaban J connectivity index is 2.20. The van der Waals surface area contributed by atoms with E-state index in [1.165, 1.54) is 0 Å². The number of anilines is 1. The van der Waals surface area contributed by atoms with Gasteiger partial charge in [-0.05, 0) is 57.1 Å². The first-order valence-electron chi connectivity index (χ1n) is 10.1. The summed E-state index contributed by atoms with van der Waals surface area (Å²) < 4.78 is 11.8. The van der Waals surface area contributed by atoms with Gasteiger partial charge in [-0.15, -0.1) is 0 Å². The van der Waals surface area contributed by atoms with Gasteiger partial charge in [0.2, 0.25) is 0 Å². The van der Waals surface area contributed by atoms with Crippen molar-refractivity contribution in [2.75, 3.05) is 11.9 Å². The number of rotatable bonds is 8. The largest absolute Gasteiger partial charge is 0.491 e. The summed E-state index contributed by atoms with van der Waals surface area (Å²) >= 11 is 0. The Morgan fingerprint density at radius 1 is 1.44 bits per heavy atom. The number of hydrogen-bond donors (Lipinski definition) is 1. The van der Waals surface area contributed by atoms with Crippen LogP contribution in [0.3, 0.4) is 0 Å². The van der Waals surface area contributed by atoms with E-state index in [4.69, 9.17) is 9.47 Å². The van der Waals surface area contributed by atoms with Crippen molar-refractivity contribution >= 4 is 11.6 Å². The summed E-state index contributed by atoms with van der Waals surface area (Å²) in [5.41, 5.74) is 0.113. The standard InChI is InChI=1S/C22H32N2O3/c1-5-12-26-22(11-7-8-16(3)14-22)21(25)24-20-10-9-19(13-18(20)15-23)27-17(4)6-2/h9-10,13,16-17H,5-8,11-12,14H2,1-4H3,(H,24,25)/t16-,17+,22-/m1/s1. The fourth-order valence-corrected chi connectivity index (χ4v) is 3.55. The second kappa shape index (κ2) is 9.75. The minimum atomic E-state index is -0.799. The van der Waals surface area contributed by atoms with Crippen LogP contribution in [0.25, 0.3) is 0 Å². The number of nitriles is 1. The van der Waals surface area contributed by atoms with E-state index in [-0.39, 0.29) is 12.0 Å². The Bertz CT molecular complexity index is 683. The van der Waals surface area contributed by atoms with Crippen molar-refractivity contribution in [1.29, 1.82) is 5.26 Å². The van der Waals surface area contributed by atoms with E-state index >= 15 is 0 Å². The molecule has 1 aliphatic rings. The highest BCUT2D eigenvalue weighted by molar-refractivity contribution is 5.98. The quantitative estimate of drug-likeness (QED) is 0.693. The lowest BCUT2D eigenvalue weighted by atomic mass is 9.78. The maximum atomic E-state index is 13.1. The van der Waals surface area contributed by atoms with Crippen LogP contribution in [0, 0.1) is 17.2 Å². The predicted molar refractivity (Wildman–Crippen MR) is 107 cm³/mol. The van der Waals surface area contributed by atoms with Crippen molar-refractivity contribution in [3.8, 4) is 11.8 Å². The van der Waals surface area contributed by atoms with Gasteiger partial charge in [-0.1, -0.05) is 27.2 Å². The Hall–Kier alpha value is -2.06. The number of hydrogen-bond acceptors (Lipinski definition) is 4. The molecule has 1 aromatic rings. The van der Waals surface area contributed by atoms with Crippen molar-refractivity contribution in [3.05, 3.63) is 23.8 Å². The van der Waals surface area contributed by atoms with E-state index < -0.39 is 5.60 Å². The van der Waals surface area contributed by atoms with Crippen molar-refractivity contribution in [2.45, 2.75) is 77.9 Å². The molecule has 1 aromatic carbocycles. The van der Waals surface area contributed by atoms with E-state index in [0.29, 0.717) is 29.5 Å². The van der Waals surface area contributed by atoms with Gasteiger partial charge in [0.05, 0.1) is 17.4 Å². The molecule has 1 fully saturated rings. The molecule has 0 spiro atoms. The molecule has 0 aromatic heterocycles. The number of amides is 1. The highest BCUT2D eigenvalue weighted by Crippen LogP contribution is 2.37. The zero-order chi connectivity index (χ0) is 19.9. The molecule has 1 amide bonds. The maximum absolute atomic E-state index is 13.1. The molecule has 5 nitrogen and oxygen atoms in total. The SMILES string of the molecule is CCCO[C@]1(C(=O)Nc2ccc(O[C@@H](C)CC)cc2C#N)CCC[C@@H](C)C1. The van der Waals surface area contributed by atoms with E-state index in [1.54, 1.807) is 18.2 Å². The van der Waals surface area contributed by atoms with Crippen molar-refractivity contribution in [3.63, 3.8) is 0 Å². The van der Waals surface area contributed by atoms with Gasteiger partial charge in [-0.3, -0.25) is 4.79 Å². The maximum Gasteiger partial charge on any atom is 0.256 e. The third kappa shape index (κ3) is 5.46. The zero-order valence-electron chi connectivity index (χ0n) is 17.0. The van der Waals surface area contributed by atoms with Gasteiger partial charge in [-0.25, -0.2) is 0 Å². The number of benzene rings is 1. The summed E-state index contributed by atoms with van der Waals surface area (Å²) in [6, 6.07) is 7.39. The molecule has 148 valence electrons. The summed E-state index contributed by atoms with van der Waals surface area (Å²) in [4.78, 5) is 13.1. The van der Waals surface area contributed by atoms with Gasteiger partial charge in [-0.2, -0.15) is 5.26 Å². The molecule has 0 heterocycles. The molecule has 1 N–H and O–H groups in total. The third-order valence-electron chi connectivity index (χ3n) is 5.22. The first-order valence-corrected chi connectivity index (χ1v) is 10.1. The molecule has 0 aliphatic heterocycles. The highest BCUT2D eigenvalue weighted by atomic mass is 16.5. The summed E-state index contributed by atoms with van der Waals surface area (Å²) in [5.74, 6) is 0.944. The molecule has 2 rings (SSSR count). The summed E-state index contributed by atoms with van der Waals surface area (Å²) in [7, 11) is 0. The molecule has 0 radical (unpaired) electrons. The minimum absolute atomic E-state index is 0.0754. The Kier molecular flexibility index (Phi) is 7.67. The molecule has 3 atom stereocenters. The molecule has 1 saturated carbocycles. The number of carbonyl (C=O) groups is 1. The second-order valence-electron chi connectivity index (χ2n) is 7.65. The highest BCUT2D eigenvalue weighted by Gasteiger charge is 2.43. The topological polar surface area (TPSA) is 71.3 Å². The number of ether oxygens (including phenoxy) is 2. The summed E-state index contributed by atoms with van der Waals surface area (Å²) in [6.45, 7) is 8.80. The van der Waals surface area contributed by atoms with Crippen LogP contribution in [-0.4, -0.2) is 24.2 Å². The first-order chi connectivity index (χ1) is 12.9. The van der Waals surface area contributed by atoms with Crippen LogP contribution in [0.4, 0.5) is 5.69 Å². The Morgan fingerprint density at radius 3 is 2.85 bits per heavy atom. The third-order valence-corrected chi connectivity index (χ3v) is 5.22. The fraction of sp³-hybridized carbons (Fsp3) is 0.636. The zero-order valence-corrected chi connectivity index (χ0v) is 17.0. The van der Waals surface area contributed by atoms with Gasteiger partial charge in [0.1, 0.15) is 17.4 Å². The molecule has 0 unspecified atom stereocenters. The molecule has 5 heteroatoms. The van der Waals surface area contributed by atoms with Crippen LogP contribution in [-0.2, 0) is 9.53 Å². The van der Waals surface area contributed by atoms with Crippen LogP contribution < -0.4 is 10.1 Å². The lowest BCUT2D eigenvalue weighted by molar-refractivity contribution is -0.148. The molecule has 0 bridgehead atoms. The lowest BCUT2D eigenvalue weighted by Crippen LogP contribution is -2.48. The van der Waals surface area contributed by atoms with Gasteiger partial charge in [0.25, 0.3) is 5.91 Å². The molecule has 27 heavy (non-hydrogen) atoms. The smallest absolute Gasteiger partial charge is 0.256 e. The summed E-state index contributed by atoms with van der Waals surface area (Å²) in [6.07, 6.45) is 5.37. The van der Waals surface area contributed by atoms with Gasteiger partial charge in [0.15, 0.2) is 0 Å². The monoisotopic (exact) mass is 372 g/mol. The molecule has 0 saturated heterocycles.